The van der Waals surface area contributed by atoms with Gasteiger partial charge in [0.15, 0.2) is 12.6 Å². The molecule has 8 heteroatoms. The smallest absolute Gasteiger partial charge is 0.265 e. The predicted octanol–water partition coefficient (Wildman–Crippen LogP) is 1.96. The van der Waals surface area contributed by atoms with Crippen LogP contribution in [0.5, 0.6) is 5.75 Å². The first-order chi connectivity index (χ1) is 12.7. The van der Waals surface area contributed by atoms with Gasteiger partial charge in [0.25, 0.3) is 5.91 Å². The number of guanidine groups is 1. The molecular weight excluding hydrogens is 459 g/mol. The fourth-order valence-corrected chi connectivity index (χ4v) is 3.42. The number of halogens is 1. The molecule has 2 aliphatic rings. The first-order valence-electron chi connectivity index (χ1n) is 9.20. The highest BCUT2D eigenvalue weighted by Crippen LogP contribution is 2.31. The number of rotatable bonds is 6. The molecule has 1 aromatic rings. The van der Waals surface area contributed by atoms with Gasteiger partial charge in [-0.25, -0.2) is 0 Å². The molecule has 1 saturated heterocycles. The Morgan fingerprint density at radius 1 is 1.41 bits per heavy atom. The minimum atomic E-state index is 0. The van der Waals surface area contributed by atoms with Gasteiger partial charge in [-0.3, -0.25) is 9.79 Å². The molecule has 1 atom stereocenters. The number of aliphatic imine (C=N–C) groups is 1. The molecule has 0 bridgehead atoms. The average Bonchev–Trinajstić information content (AvgIpc) is 3.16. The highest BCUT2D eigenvalue weighted by molar-refractivity contribution is 14.0. The lowest BCUT2D eigenvalue weighted by Gasteiger charge is -2.29. The Hall–Kier alpha value is -1.55. The number of benzene rings is 1. The standard InChI is InChI=1S/C19H28N4O3.HI/c1-20-19(22(2)12-15-8-11-25-13-15)21-9-5-10-23-16-6-3-4-7-17(16)26-14-18(23)24;/h3-4,6-7,15H,5,8-14H2,1-2H3,(H,20,21);1H. The molecule has 2 heterocycles. The number of para-hydroxylation sites is 2. The minimum Gasteiger partial charge on any atom is -0.482 e. The van der Waals surface area contributed by atoms with Crippen LogP contribution in [-0.2, 0) is 9.53 Å². The zero-order chi connectivity index (χ0) is 18.4. The van der Waals surface area contributed by atoms with Crippen LogP contribution in [0.25, 0.3) is 0 Å². The Balaban J connectivity index is 0.00000261. The summed E-state index contributed by atoms with van der Waals surface area (Å²) >= 11 is 0. The Morgan fingerprint density at radius 3 is 2.96 bits per heavy atom. The average molecular weight is 488 g/mol. The van der Waals surface area contributed by atoms with Crippen molar-refractivity contribution in [1.82, 2.24) is 10.2 Å². The number of ether oxygens (including phenoxy) is 2. The second-order valence-corrected chi connectivity index (χ2v) is 6.74. The van der Waals surface area contributed by atoms with Gasteiger partial charge in [0, 0.05) is 46.3 Å². The summed E-state index contributed by atoms with van der Waals surface area (Å²) in [5.41, 5.74) is 0.853. The van der Waals surface area contributed by atoms with Crippen LogP contribution in [0.3, 0.4) is 0 Å². The van der Waals surface area contributed by atoms with Crippen LogP contribution in [0.4, 0.5) is 5.69 Å². The molecule has 1 unspecified atom stereocenters. The first-order valence-corrected chi connectivity index (χ1v) is 9.20. The summed E-state index contributed by atoms with van der Waals surface area (Å²) < 4.78 is 10.9. The quantitative estimate of drug-likeness (QED) is 0.287. The SMILES string of the molecule is CN=C(NCCCN1C(=O)COc2ccccc21)N(C)CC1CCOC1.I. The van der Waals surface area contributed by atoms with Crippen molar-refractivity contribution in [2.24, 2.45) is 10.9 Å². The Labute approximate surface area is 178 Å². The number of carbonyl (C=O) groups excluding carboxylic acids is 1. The number of amides is 1. The number of nitrogens with zero attached hydrogens (tertiary/aromatic N) is 3. The molecule has 0 radical (unpaired) electrons. The molecule has 7 nitrogen and oxygen atoms in total. The normalized spacial score (nSPS) is 19.2. The number of nitrogens with one attached hydrogen (secondary N) is 1. The zero-order valence-corrected chi connectivity index (χ0v) is 18.3. The summed E-state index contributed by atoms with van der Waals surface area (Å²) in [6.45, 7) is 4.15. The second-order valence-electron chi connectivity index (χ2n) is 6.74. The molecule has 1 aromatic carbocycles. The maximum atomic E-state index is 12.2. The highest BCUT2D eigenvalue weighted by atomic mass is 127. The summed E-state index contributed by atoms with van der Waals surface area (Å²) in [6.07, 6.45) is 1.94. The largest absolute Gasteiger partial charge is 0.482 e. The van der Waals surface area contributed by atoms with E-state index < -0.39 is 0 Å². The van der Waals surface area contributed by atoms with Crippen LogP contribution in [0.2, 0.25) is 0 Å². The molecule has 1 amide bonds. The maximum Gasteiger partial charge on any atom is 0.265 e. The van der Waals surface area contributed by atoms with Gasteiger partial charge in [-0.15, -0.1) is 24.0 Å². The van der Waals surface area contributed by atoms with E-state index >= 15 is 0 Å². The van der Waals surface area contributed by atoms with E-state index in [0.29, 0.717) is 12.5 Å². The molecule has 0 aromatic heterocycles. The third-order valence-corrected chi connectivity index (χ3v) is 4.78. The fraction of sp³-hybridized carbons (Fsp3) is 0.579. The van der Waals surface area contributed by atoms with E-state index in [0.717, 1.165) is 56.5 Å². The molecule has 0 aliphatic carbocycles. The van der Waals surface area contributed by atoms with Gasteiger partial charge in [0.2, 0.25) is 0 Å². The van der Waals surface area contributed by atoms with E-state index in [1.807, 2.05) is 29.2 Å². The van der Waals surface area contributed by atoms with Crippen molar-refractivity contribution < 1.29 is 14.3 Å². The van der Waals surface area contributed by atoms with Crippen molar-refractivity contribution in [3.8, 4) is 5.75 Å². The molecule has 1 N–H and O–H groups in total. The Morgan fingerprint density at radius 2 is 2.22 bits per heavy atom. The van der Waals surface area contributed by atoms with Gasteiger partial charge in [-0.05, 0) is 25.0 Å². The van der Waals surface area contributed by atoms with Gasteiger partial charge in [0.1, 0.15) is 5.75 Å². The highest BCUT2D eigenvalue weighted by Gasteiger charge is 2.24. The van der Waals surface area contributed by atoms with Crippen molar-refractivity contribution in [2.45, 2.75) is 12.8 Å². The molecule has 2 aliphatic heterocycles. The van der Waals surface area contributed by atoms with Crippen molar-refractivity contribution in [1.29, 1.82) is 0 Å². The number of fused-ring (bicyclic) bond motifs is 1. The number of anilines is 1. The molecule has 1 fully saturated rings. The zero-order valence-electron chi connectivity index (χ0n) is 16.0. The van der Waals surface area contributed by atoms with Crippen molar-refractivity contribution in [2.75, 3.05) is 58.5 Å². The van der Waals surface area contributed by atoms with Crippen molar-refractivity contribution in [3.63, 3.8) is 0 Å². The molecule has 0 spiro atoms. The van der Waals surface area contributed by atoms with E-state index in [1.165, 1.54) is 0 Å². The van der Waals surface area contributed by atoms with Gasteiger partial charge >= 0.3 is 0 Å². The fourth-order valence-electron chi connectivity index (χ4n) is 3.42. The van der Waals surface area contributed by atoms with Gasteiger partial charge < -0.3 is 24.6 Å². The molecular formula is C19H29IN4O3. The van der Waals surface area contributed by atoms with Gasteiger partial charge in [-0.1, -0.05) is 12.1 Å². The third kappa shape index (κ3) is 5.71. The number of carbonyl (C=O) groups is 1. The number of hydrogen-bond acceptors (Lipinski definition) is 4. The van der Waals surface area contributed by atoms with Crippen LogP contribution in [-0.4, -0.2) is 70.3 Å². The summed E-state index contributed by atoms with van der Waals surface area (Å²) in [5.74, 6) is 2.23. The van der Waals surface area contributed by atoms with E-state index in [4.69, 9.17) is 9.47 Å². The summed E-state index contributed by atoms with van der Waals surface area (Å²) in [7, 11) is 3.85. The van der Waals surface area contributed by atoms with Crippen LogP contribution in [0.15, 0.2) is 29.3 Å². The van der Waals surface area contributed by atoms with E-state index in [1.54, 1.807) is 7.05 Å². The van der Waals surface area contributed by atoms with Crippen LogP contribution < -0.4 is 15.0 Å². The van der Waals surface area contributed by atoms with Gasteiger partial charge in [0.05, 0.1) is 12.3 Å². The van der Waals surface area contributed by atoms with E-state index in [-0.39, 0.29) is 36.5 Å². The molecule has 27 heavy (non-hydrogen) atoms. The van der Waals surface area contributed by atoms with Crippen LogP contribution in [0.1, 0.15) is 12.8 Å². The number of hydrogen-bond donors (Lipinski definition) is 1. The predicted molar refractivity (Wildman–Crippen MR) is 117 cm³/mol. The topological polar surface area (TPSA) is 66.4 Å². The van der Waals surface area contributed by atoms with Crippen molar-refractivity contribution >= 4 is 41.5 Å². The Bertz CT molecular complexity index is 650. The van der Waals surface area contributed by atoms with Crippen molar-refractivity contribution in [3.05, 3.63) is 24.3 Å². The Kier molecular flexibility index (Phi) is 8.62. The lowest BCUT2D eigenvalue weighted by Crippen LogP contribution is -2.43. The molecule has 0 saturated carbocycles. The summed E-state index contributed by atoms with van der Waals surface area (Å²) in [4.78, 5) is 20.5. The van der Waals surface area contributed by atoms with E-state index in [9.17, 15) is 4.79 Å². The van der Waals surface area contributed by atoms with Crippen LogP contribution >= 0.6 is 24.0 Å². The first kappa shape index (κ1) is 21.7. The maximum absolute atomic E-state index is 12.2. The monoisotopic (exact) mass is 488 g/mol. The molecule has 3 rings (SSSR count). The van der Waals surface area contributed by atoms with Crippen LogP contribution in [0, 0.1) is 5.92 Å². The van der Waals surface area contributed by atoms with Gasteiger partial charge in [-0.2, -0.15) is 0 Å². The summed E-state index contributed by atoms with van der Waals surface area (Å²) in [5, 5.41) is 3.39. The lowest BCUT2D eigenvalue weighted by atomic mass is 10.1. The lowest BCUT2D eigenvalue weighted by molar-refractivity contribution is -0.121. The minimum absolute atomic E-state index is 0. The third-order valence-electron chi connectivity index (χ3n) is 4.78. The van der Waals surface area contributed by atoms with E-state index in [2.05, 4.69) is 22.3 Å². The second kappa shape index (κ2) is 10.7. The molecule has 150 valence electrons. The summed E-state index contributed by atoms with van der Waals surface area (Å²) in [6, 6.07) is 7.67.